The standard InChI is InChI=1S/C9H16Cl2O2/c1-2-3-5-8(6-4-7-10)9(12)13-11/h8H,2-7H2,1H3. The van der Waals surface area contributed by atoms with Crippen LogP contribution in [0.5, 0.6) is 0 Å². The largest absolute Gasteiger partial charge is 0.347 e. The van der Waals surface area contributed by atoms with Crippen molar-refractivity contribution in [3.63, 3.8) is 0 Å². The van der Waals surface area contributed by atoms with Crippen molar-refractivity contribution in [2.45, 2.75) is 39.0 Å². The predicted octanol–water partition coefficient (Wildman–Crippen LogP) is 3.51. The van der Waals surface area contributed by atoms with Crippen LogP contribution < -0.4 is 0 Å². The molecule has 2 nitrogen and oxygen atoms in total. The maximum atomic E-state index is 11.1. The van der Waals surface area contributed by atoms with E-state index in [0.29, 0.717) is 5.88 Å². The Bertz CT molecular complexity index is 132. The molecular formula is C9H16Cl2O2. The molecule has 0 fully saturated rings. The van der Waals surface area contributed by atoms with Gasteiger partial charge in [0, 0.05) is 5.88 Å². The van der Waals surface area contributed by atoms with Gasteiger partial charge >= 0.3 is 5.97 Å². The normalized spacial score (nSPS) is 12.5. The van der Waals surface area contributed by atoms with Gasteiger partial charge in [0.25, 0.3) is 0 Å². The molecule has 0 aromatic carbocycles. The first-order valence-electron chi connectivity index (χ1n) is 4.64. The van der Waals surface area contributed by atoms with Crippen LogP contribution in [0.3, 0.4) is 0 Å². The van der Waals surface area contributed by atoms with Gasteiger partial charge in [-0.15, -0.1) is 11.6 Å². The lowest BCUT2D eigenvalue weighted by molar-refractivity contribution is -0.139. The second-order valence-electron chi connectivity index (χ2n) is 3.07. The van der Waals surface area contributed by atoms with Crippen molar-refractivity contribution in [1.82, 2.24) is 0 Å². The Morgan fingerprint density at radius 1 is 1.38 bits per heavy atom. The topological polar surface area (TPSA) is 26.3 Å². The maximum absolute atomic E-state index is 11.1. The Morgan fingerprint density at radius 2 is 2.00 bits per heavy atom. The van der Waals surface area contributed by atoms with Gasteiger partial charge in [0.2, 0.25) is 0 Å². The van der Waals surface area contributed by atoms with Crippen molar-refractivity contribution >= 4 is 29.4 Å². The highest BCUT2D eigenvalue weighted by Crippen LogP contribution is 2.17. The van der Waals surface area contributed by atoms with Crippen LogP contribution in [0.25, 0.3) is 0 Å². The molecular weight excluding hydrogens is 211 g/mol. The van der Waals surface area contributed by atoms with Gasteiger partial charge in [-0.1, -0.05) is 19.8 Å². The van der Waals surface area contributed by atoms with Crippen molar-refractivity contribution in [3.05, 3.63) is 0 Å². The Morgan fingerprint density at radius 3 is 2.46 bits per heavy atom. The summed E-state index contributed by atoms with van der Waals surface area (Å²) in [7, 11) is 0. The van der Waals surface area contributed by atoms with Crippen molar-refractivity contribution in [1.29, 1.82) is 0 Å². The zero-order valence-corrected chi connectivity index (χ0v) is 9.40. The summed E-state index contributed by atoms with van der Waals surface area (Å²) in [4.78, 5) is 11.1. The Kier molecular flexibility index (Phi) is 8.67. The second kappa shape index (κ2) is 8.64. The monoisotopic (exact) mass is 226 g/mol. The summed E-state index contributed by atoms with van der Waals surface area (Å²) in [5.74, 6) is 0.189. The quantitative estimate of drug-likeness (QED) is 0.622. The minimum atomic E-state index is -0.319. The van der Waals surface area contributed by atoms with Crippen LogP contribution in [0.2, 0.25) is 0 Å². The molecule has 0 saturated carbocycles. The summed E-state index contributed by atoms with van der Waals surface area (Å²) in [6, 6.07) is 0. The number of carbonyl (C=O) groups excluding carboxylic acids is 1. The number of unbranched alkanes of at least 4 members (excludes halogenated alkanes) is 1. The Hall–Kier alpha value is 0.0500. The number of alkyl halides is 1. The van der Waals surface area contributed by atoms with E-state index in [1.54, 1.807) is 0 Å². The van der Waals surface area contributed by atoms with E-state index in [9.17, 15) is 4.79 Å². The molecule has 0 amide bonds. The molecule has 1 atom stereocenters. The Labute approximate surface area is 89.7 Å². The van der Waals surface area contributed by atoms with E-state index in [0.717, 1.165) is 32.1 Å². The van der Waals surface area contributed by atoms with Gasteiger partial charge in [-0.2, -0.15) is 0 Å². The van der Waals surface area contributed by atoms with E-state index in [1.807, 2.05) is 0 Å². The summed E-state index contributed by atoms with van der Waals surface area (Å²) in [5.41, 5.74) is 0. The van der Waals surface area contributed by atoms with Crippen LogP contribution in [0, 0.1) is 5.92 Å². The molecule has 0 heterocycles. The molecule has 0 rings (SSSR count). The van der Waals surface area contributed by atoms with Gasteiger partial charge in [-0.25, -0.2) is 0 Å². The van der Waals surface area contributed by atoms with E-state index < -0.39 is 0 Å². The van der Waals surface area contributed by atoms with Gasteiger partial charge in [-0.3, -0.25) is 4.79 Å². The smallest absolute Gasteiger partial charge is 0.327 e. The highest BCUT2D eigenvalue weighted by Gasteiger charge is 2.18. The molecule has 0 saturated heterocycles. The van der Waals surface area contributed by atoms with Gasteiger partial charge in [0.05, 0.1) is 5.92 Å². The average Bonchev–Trinajstić information content (AvgIpc) is 2.17. The van der Waals surface area contributed by atoms with E-state index >= 15 is 0 Å². The van der Waals surface area contributed by atoms with E-state index in [1.165, 1.54) is 0 Å². The number of hydrogen-bond acceptors (Lipinski definition) is 2. The zero-order chi connectivity index (χ0) is 10.1. The molecule has 78 valence electrons. The molecule has 0 aromatic rings. The molecule has 0 aliphatic rings. The summed E-state index contributed by atoms with van der Waals surface area (Å²) in [5, 5.41) is 0. The van der Waals surface area contributed by atoms with Gasteiger partial charge in [-0.05, 0) is 19.3 Å². The first kappa shape index (κ1) is 13.1. The molecule has 13 heavy (non-hydrogen) atoms. The fourth-order valence-corrected chi connectivity index (χ4v) is 1.50. The van der Waals surface area contributed by atoms with E-state index in [2.05, 4.69) is 11.2 Å². The van der Waals surface area contributed by atoms with Gasteiger partial charge in [0.15, 0.2) is 0 Å². The average molecular weight is 227 g/mol. The molecule has 0 bridgehead atoms. The van der Waals surface area contributed by atoms with Crippen molar-refractivity contribution < 1.29 is 9.08 Å². The number of carbonyl (C=O) groups is 1. The highest BCUT2D eigenvalue weighted by atomic mass is 35.5. The molecule has 0 spiro atoms. The van der Waals surface area contributed by atoms with Crippen LogP contribution in [0.15, 0.2) is 0 Å². The summed E-state index contributed by atoms with van der Waals surface area (Å²) in [6.07, 6.45) is 4.56. The number of hydrogen-bond donors (Lipinski definition) is 0. The van der Waals surface area contributed by atoms with Crippen LogP contribution in [0.1, 0.15) is 39.0 Å². The fraction of sp³-hybridized carbons (Fsp3) is 0.889. The van der Waals surface area contributed by atoms with Crippen LogP contribution >= 0.6 is 23.5 Å². The molecule has 0 N–H and O–H groups in total. The summed E-state index contributed by atoms with van der Waals surface area (Å²) < 4.78 is 4.20. The fourth-order valence-electron chi connectivity index (χ4n) is 1.22. The van der Waals surface area contributed by atoms with Gasteiger partial charge in [0.1, 0.15) is 11.9 Å². The summed E-state index contributed by atoms with van der Waals surface area (Å²) >= 11 is 10.6. The number of halogens is 2. The first-order valence-corrected chi connectivity index (χ1v) is 5.49. The SMILES string of the molecule is CCCCC(CCCCl)C(=O)OCl. The maximum Gasteiger partial charge on any atom is 0.327 e. The third-order valence-corrected chi connectivity index (χ3v) is 2.42. The zero-order valence-electron chi connectivity index (χ0n) is 7.89. The van der Waals surface area contributed by atoms with E-state index in [4.69, 9.17) is 23.5 Å². The lowest BCUT2D eigenvalue weighted by Crippen LogP contribution is -2.14. The van der Waals surface area contributed by atoms with Crippen molar-refractivity contribution in [2.75, 3.05) is 5.88 Å². The summed E-state index contributed by atoms with van der Waals surface area (Å²) in [6.45, 7) is 2.09. The Balaban J connectivity index is 3.79. The van der Waals surface area contributed by atoms with Gasteiger partial charge < -0.3 is 4.29 Å². The minimum Gasteiger partial charge on any atom is -0.347 e. The molecule has 0 aliphatic heterocycles. The lowest BCUT2D eigenvalue weighted by Gasteiger charge is -2.11. The minimum absolute atomic E-state index is 0.0730. The highest BCUT2D eigenvalue weighted by molar-refractivity contribution is 6.17. The molecule has 0 aromatic heterocycles. The van der Waals surface area contributed by atoms with Crippen LogP contribution in [-0.4, -0.2) is 11.8 Å². The predicted molar refractivity (Wildman–Crippen MR) is 54.9 cm³/mol. The third-order valence-electron chi connectivity index (χ3n) is 2.00. The third kappa shape index (κ3) is 6.17. The number of rotatable bonds is 7. The molecule has 4 heteroatoms. The van der Waals surface area contributed by atoms with Crippen LogP contribution in [0.4, 0.5) is 0 Å². The second-order valence-corrected chi connectivity index (χ2v) is 3.60. The van der Waals surface area contributed by atoms with Crippen molar-refractivity contribution in [3.8, 4) is 0 Å². The molecule has 0 radical (unpaired) electrons. The first-order chi connectivity index (χ1) is 6.26. The molecule has 1 unspecified atom stereocenters. The van der Waals surface area contributed by atoms with E-state index in [-0.39, 0.29) is 11.9 Å². The van der Waals surface area contributed by atoms with Crippen molar-refractivity contribution in [2.24, 2.45) is 5.92 Å². The molecule has 0 aliphatic carbocycles. The lowest BCUT2D eigenvalue weighted by atomic mass is 9.97. The van der Waals surface area contributed by atoms with Crippen LogP contribution in [-0.2, 0) is 9.08 Å².